The standard InChI is InChI=1S/C17H26N4O2/c1-12-11-15(20(3)19-12)21-10-4-5-13(16(21)23)18-14(22)6-7-17(2)8-9-17/h11,13H,4-10H2,1-3H3,(H,18,22). The van der Waals surface area contributed by atoms with E-state index in [1.807, 2.05) is 20.0 Å². The van der Waals surface area contributed by atoms with Crippen LogP contribution in [0.4, 0.5) is 5.82 Å². The fourth-order valence-corrected chi connectivity index (χ4v) is 3.23. The number of rotatable bonds is 5. The molecule has 1 saturated carbocycles. The highest BCUT2D eigenvalue weighted by molar-refractivity contribution is 5.99. The molecular formula is C17H26N4O2. The van der Waals surface area contributed by atoms with Gasteiger partial charge >= 0.3 is 0 Å². The zero-order valence-corrected chi connectivity index (χ0v) is 14.3. The molecule has 6 nitrogen and oxygen atoms in total. The number of aromatic nitrogens is 2. The highest BCUT2D eigenvalue weighted by Gasteiger charge is 2.37. The number of carbonyl (C=O) groups is 2. The van der Waals surface area contributed by atoms with Crippen molar-refractivity contribution in [1.82, 2.24) is 15.1 Å². The first-order valence-corrected chi connectivity index (χ1v) is 8.49. The van der Waals surface area contributed by atoms with Gasteiger partial charge in [0.1, 0.15) is 11.9 Å². The molecule has 0 bridgehead atoms. The molecule has 1 aromatic heterocycles. The molecule has 1 aliphatic heterocycles. The molecule has 23 heavy (non-hydrogen) atoms. The van der Waals surface area contributed by atoms with Crippen molar-refractivity contribution in [3.63, 3.8) is 0 Å². The van der Waals surface area contributed by atoms with Gasteiger partial charge in [0, 0.05) is 26.1 Å². The molecule has 1 saturated heterocycles. The van der Waals surface area contributed by atoms with Crippen LogP contribution < -0.4 is 10.2 Å². The van der Waals surface area contributed by atoms with Gasteiger partial charge in [0.05, 0.1) is 5.69 Å². The van der Waals surface area contributed by atoms with E-state index >= 15 is 0 Å². The number of hydrogen-bond acceptors (Lipinski definition) is 3. The molecule has 1 aromatic rings. The number of amides is 2. The summed E-state index contributed by atoms with van der Waals surface area (Å²) in [6, 6.07) is 1.51. The van der Waals surface area contributed by atoms with Gasteiger partial charge < -0.3 is 5.32 Å². The van der Waals surface area contributed by atoms with Gasteiger partial charge in [-0.25, -0.2) is 0 Å². The first-order chi connectivity index (χ1) is 10.9. The van der Waals surface area contributed by atoms with Gasteiger partial charge in [-0.05, 0) is 44.4 Å². The van der Waals surface area contributed by atoms with Crippen molar-refractivity contribution in [2.75, 3.05) is 11.4 Å². The molecule has 2 fully saturated rings. The molecule has 1 aliphatic carbocycles. The average Bonchev–Trinajstić information content (AvgIpc) is 3.14. The van der Waals surface area contributed by atoms with Crippen LogP contribution in [0.1, 0.15) is 51.1 Å². The van der Waals surface area contributed by atoms with E-state index in [0.717, 1.165) is 30.8 Å². The minimum Gasteiger partial charge on any atom is -0.344 e. The number of carbonyl (C=O) groups excluding carboxylic acids is 2. The van der Waals surface area contributed by atoms with E-state index in [1.165, 1.54) is 12.8 Å². The summed E-state index contributed by atoms with van der Waals surface area (Å²) in [5, 5.41) is 7.24. The summed E-state index contributed by atoms with van der Waals surface area (Å²) >= 11 is 0. The maximum Gasteiger partial charge on any atom is 0.250 e. The lowest BCUT2D eigenvalue weighted by Gasteiger charge is -2.32. The Kier molecular flexibility index (Phi) is 4.17. The first-order valence-electron chi connectivity index (χ1n) is 8.49. The summed E-state index contributed by atoms with van der Waals surface area (Å²) in [6.45, 7) is 4.82. The second kappa shape index (κ2) is 5.98. The Balaban J connectivity index is 1.60. The fraction of sp³-hybridized carbons (Fsp3) is 0.706. The number of aryl methyl sites for hydroxylation is 2. The topological polar surface area (TPSA) is 67.2 Å². The fourth-order valence-electron chi connectivity index (χ4n) is 3.23. The van der Waals surface area contributed by atoms with Crippen LogP contribution in [0, 0.1) is 12.3 Å². The maximum atomic E-state index is 12.7. The van der Waals surface area contributed by atoms with Crippen molar-refractivity contribution < 1.29 is 9.59 Å². The van der Waals surface area contributed by atoms with E-state index < -0.39 is 6.04 Å². The molecule has 0 aromatic carbocycles. The SMILES string of the molecule is Cc1cc(N2CCCC(NC(=O)CCC3(C)CC3)C2=O)n(C)n1. The van der Waals surface area contributed by atoms with Crippen LogP contribution in [-0.2, 0) is 16.6 Å². The molecule has 3 rings (SSSR count). The van der Waals surface area contributed by atoms with Gasteiger partial charge in [0.2, 0.25) is 5.91 Å². The monoisotopic (exact) mass is 318 g/mol. The van der Waals surface area contributed by atoms with E-state index in [1.54, 1.807) is 9.58 Å². The van der Waals surface area contributed by atoms with E-state index in [-0.39, 0.29) is 11.8 Å². The number of hydrogen-bond donors (Lipinski definition) is 1. The summed E-state index contributed by atoms with van der Waals surface area (Å²) in [7, 11) is 1.84. The second-order valence-electron chi connectivity index (χ2n) is 7.33. The number of anilines is 1. The third kappa shape index (κ3) is 3.57. The molecule has 6 heteroatoms. The third-order valence-electron chi connectivity index (χ3n) is 5.09. The van der Waals surface area contributed by atoms with E-state index in [4.69, 9.17) is 0 Å². The lowest BCUT2D eigenvalue weighted by molar-refractivity contribution is -0.128. The summed E-state index contributed by atoms with van der Waals surface area (Å²) in [5.41, 5.74) is 1.26. The molecule has 2 amide bonds. The van der Waals surface area contributed by atoms with Gasteiger partial charge in [0.25, 0.3) is 5.91 Å². The van der Waals surface area contributed by atoms with E-state index in [2.05, 4.69) is 17.3 Å². The zero-order chi connectivity index (χ0) is 16.6. The van der Waals surface area contributed by atoms with Crippen molar-refractivity contribution in [1.29, 1.82) is 0 Å². The minimum atomic E-state index is -0.404. The number of nitrogens with one attached hydrogen (secondary N) is 1. The van der Waals surface area contributed by atoms with Crippen molar-refractivity contribution in [2.45, 2.75) is 58.4 Å². The van der Waals surface area contributed by atoms with E-state index in [0.29, 0.717) is 18.4 Å². The van der Waals surface area contributed by atoms with E-state index in [9.17, 15) is 9.59 Å². The highest BCUT2D eigenvalue weighted by atomic mass is 16.2. The van der Waals surface area contributed by atoms with Crippen LogP contribution >= 0.6 is 0 Å². The van der Waals surface area contributed by atoms with Crippen LogP contribution in [0.15, 0.2) is 6.07 Å². The Bertz CT molecular complexity index is 618. The molecule has 1 N–H and O–H groups in total. The quantitative estimate of drug-likeness (QED) is 0.902. The Morgan fingerprint density at radius 2 is 2.22 bits per heavy atom. The Hall–Kier alpha value is -1.85. The van der Waals surface area contributed by atoms with Crippen molar-refractivity contribution in [3.8, 4) is 0 Å². The third-order valence-corrected chi connectivity index (χ3v) is 5.09. The number of nitrogens with zero attached hydrogens (tertiary/aromatic N) is 3. The van der Waals surface area contributed by atoms with Crippen molar-refractivity contribution in [3.05, 3.63) is 11.8 Å². The van der Waals surface area contributed by atoms with Gasteiger partial charge in [-0.1, -0.05) is 6.92 Å². The first kappa shape index (κ1) is 16.0. The normalized spacial score (nSPS) is 23.0. The van der Waals surface area contributed by atoms with Crippen LogP contribution in [0.5, 0.6) is 0 Å². The van der Waals surface area contributed by atoms with Gasteiger partial charge in [-0.15, -0.1) is 0 Å². The smallest absolute Gasteiger partial charge is 0.250 e. The minimum absolute atomic E-state index is 0.000452. The second-order valence-corrected chi connectivity index (χ2v) is 7.33. The van der Waals surface area contributed by atoms with Crippen molar-refractivity contribution >= 4 is 17.6 Å². The van der Waals surface area contributed by atoms with Crippen LogP contribution in [0.3, 0.4) is 0 Å². The Morgan fingerprint density at radius 3 is 2.83 bits per heavy atom. The summed E-state index contributed by atoms with van der Waals surface area (Å²) in [4.78, 5) is 26.6. The predicted octanol–water partition coefficient (Wildman–Crippen LogP) is 1.92. The molecule has 2 aliphatic rings. The molecular weight excluding hydrogens is 292 g/mol. The number of piperidine rings is 1. The lowest BCUT2D eigenvalue weighted by atomic mass is 10.0. The van der Waals surface area contributed by atoms with Gasteiger partial charge in [-0.3, -0.25) is 19.2 Å². The molecule has 1 atom stereocenters. The summed E-state index contributed by atoms with van der Waals surface area (Å²) in [5.74, 6) is 0.779. The van der Waals surface area contributed by atoms with Crippen molar-refractivity contribution in [2.24, 2.45) is 12.5 Å². The average molecular weight is 318 g/mol. The van der Waals surface area contributed by atoms with Gasteiger partial charge in [-0.2, -0.15) is 5.10 Å². The molecule has 2 heterocycles. The zero-order valence-electron chi connectivity index (χ0n) is 14.3. The summed E-state index contributed by atoms with van der Waals surface area (Å²) in [6.07, 6.45) is 5.48. The largest absolute Gasteiger partial charge is 0.344 e. The predicted molar refractivity (Wildman–Crippen MR) is 88.0 cm³/mol. The lowest BCUT2D eigenvalue weighted by Crippen LogP contribution is -2.52. The molecule has 0 radical (unpaired) electrons. The molecule has 1 unspecified atom stereocenters. The van der Waals surface area contributed by atoms with Crippen LogP contribution in [0.2, 0.25) is 0 Å². The highest BCUT2D eigenvalue weighted by Crippen LogP contribution is 2.48. The van der Waals surface area contributed by atoms with Crippen LogP contribution in [0.25, 0.3) is 0 Å². The Labute approximate surface area is 137 Å². The Morgan fingerprint density at radius 1 is 1.48 bits per heavy atom. The van der Waals surface area contributed by atoms with Gasteiger partial charge in [0.15, 0.2) is 0 Å². The maximum absolute atomic E-state index is 12.7. The molecule has 126 valence electrons. The summed E-state index contributed by atoms with van der Waals surface area (Å²) < 4.78 is 1.73. The van der Waals surface area contributed by atoms with Crippen LogP contribution in [-0.4, -0.2) is 34.2 Å². The molecule has 0 spiro atoms.